The van der Waals surface area contributed by atoms with E-state index in [1.807, 2.05) is 38.2 Å². The lowest BCUT2D eigenvalue weighted by molar-refractivity contribution is -0.139. The summed E-state index contributed by atoms with van der Waals surface area (Å²) in [7, 11) is 1.95. The molecule has 1 aliphatic rings. The Hall–Kier alpha value is -1.86. The van der Waals surface area contributed by atoms with Crippen LogP contribution in [0.4, 0.5) is 4.79 Å². The van der Waals surface area contributed by atoms with Gasteiger partial charge in [-0.15, -0.1) is 0 Å². The van der Waals surface area contributed by atoms with Crippen molar-refractivity contribution < 1.29 is 14.3 Å². The quantitative estimate of drug-likeness (QED) is 0.679. The Balaban J connectivity index is 2.19. The fourth-order valence-electron chi connectivity index (χ4n) is 2.81. The van der Waals surface area contributed by atoms with Gasteiger partial charge >= 0.3 is 12.0 Å². The topological polar surface area (TPSA) is 70.7 Å². The van der Waals surface area contributed by atoms with Crippen LogP contribution >= 0.6 is 15.9 Å². The summed E-state index contributed by atoms with van der Waals surface area (Å²) in [6.07, 6.45) is 0.626. The van der Waals surface area contributed by atoms with E-state index in [9.17, 15) is 9.59 Å². The molecule has 1 aromatic carbocycles. The van der Waals surface area contributed by atoms with Gasteiger partial charge in [-0.2, -0.15) is 0 Å². The molecule has 0 aromatic heterocycles. The van der Waals surface area contributed by atoms with Gasteiger partial charge in [-0.3, -0.25) is 4.90 Å². The van der Waals surface area contributed by atoms with Crippen LogP contribution in [-0.2, 0) is 16.1 Å². The highest BCUT2D eigenvalue weighted by atomic mass is 79.9. The van der Waals surface area contributed by atoms with Crippen LogP contribution in [0.5, 0.6) is 0 Å². The minimum atomic E-state index is -0.381. The molecule has 1 heterocycles. The fourth-order valence-corrected chi connectivity index (χ4v) is 3.08. The van der Waals surface area contributed by atoms with Gasteiger partial charge in [0.05, 0.1) is 18.2 Å². The zero-order valence-electron chi connectivity index (χ0n) is 14.8. The Bertz CT molecular complexity index is 658. The molecule has 0 aliphatic carbocycles. The average molecular weight is 410 g/mol. The lowest BCUT2D eigenvalue weighted by Gasteiger charge is -2.30. The van der Waals surface area contributed by atoms with Gasteiger partial charge in [-0.05, 0) is 38.1 Å². The first kappa shape index (κ1) is 19.5. The van der Waals surface area contributed by atoms with E-state index in [2.05, 4.69) is 31.5 Å². The Morgan fingerprint density at radius 1 is 1.24 bits per heavy atom. The maximum absolute atomic E-state index is 12.4. The van der Waals surface area contributed by atoms with Crippen LogP contribution in [0, 0.1) is 0 Å². The molecule has 0 unspecified atom stereocenters. The summed E-state index contributed by atoms with van der Waals surface area (Å²) >= 11 is 3.42. The number of ether oxygens (including phenoxy) is 1. The molecule has 0 spiro atoms. The van der Waals surface area contributed by atoms with E-state index in [1.54, 1.807) is 6.92 Å². The minimum Gasteiger partial charge on any atom is -0.463 e. The van der Waals surface area contributed by atoms with E-state index in [0.717, 1.165) is 10.0 Å². The molecule has 136 valence electrons. The van der Waals surface area contributed by atoms with Gasteiger partial charge in [-0.1, -0.05) is 35.0 Å². The number of urea groups is 1. The summed E-state index contributed by atoms with van der Waals surface area (Å²) in [5.41, 5.74) is 2.26. The summed E-state index contributed by atoms with van der Waals surface area (Å²) in [5, 5.41) is 5.56. The van der Waals surface area contributed by atoms with Crippen LogP contribution in [0.1, 0.15) is 25.8 Å². The van der Waals surface area contributed by atoms with Crippen LogP contribution in [0.25, 0.3) is 0 Å². The number of hydrogen-bond acceptors (Lipinski definition) is 4. The molecule has 0 radical (unpaired) electrons. The molecule has 0 fully saturated rings. The molecule has 1 atom stereocenters. The van der Waals surface area contributed by atoms with Gasteiger partial charge in [0.1, 0.15) is 0 Å². The zero-order valence-corrected chi connectivity index (χ0v) is 16.4. The number of carbonyl (C=O) groups excluding carboxylic acids is 2. The molecule has 6 nitrogen and oxygen atoms in total. The number of benzene rings is 1. The molecule has 2 N–H and O–H groups in total. The lowest BCUT2D eigenvalue weighted by Crippen LogP contribution is -2.51. The molecule has 7 heteroatoms. The molecular weight excluding hydrogens is 386 g/mol. The van der Waals surface area contributed by atoms with E-state index in [1.165, 1.54) is 0 Å². The Kier molecular flexibility index (Phi) is 7.01. The van der Waals surface area contributed by atoms with Crippen molar-refractivity contribution in [3.8, 4) is 0 Å². The van der Waals surface area contributed by atoms with Crippen LogP contribution < -0.4 is 10.6 Å². The minimum absolute atomic E-state index is 0.285. The molecule has 0 saturated carbocycles. The Morgan fingerprint density at radius 3 is 2.52 bits per heavy atom. The zero-order chi connectivity index (χ0) is 18.4. The number of esters is 1. The number of likely N-dealkylation sites (N-methyl/N-ethyl adjacent to an activating group) is 1. The maximum atomic E-state index is 12.4. The molecule has 2 rings (SSSR count). The van der Waals surface area contributed by atoms with Crippen LogP contribution in [0.15, 0.2) is 40.0 Å². The second kappa shape index (κ2) is 9.01. The van der Waals surface area contributed by atoms with Gasteiger partial charge in [0.25, 0.3) is 0 Å². The largest absolute Gasteiger partial charge is 0.463 e. The molecular formula is C18H24BrN3O3. The van der Waals surface area contributed by atoms with Crippen molar-refractivity contribution in [3.63, 3.8) is 0 Å². The molecule has 0 saturated heterocycles. The molecule has 1 aromatic rings. The number of halogens is 1. The van der Waals surface area contributed by atoms with Gasteiger partial charge in [0.2, 0.25) is 0 Å². The van der Waals surface area contributed by atoms with Crippen molar-refractivity contribution in [1.82, 2.24) is 15.5 Å². The van der Waals surface area contributed by atoms with Gasteiger partial charge in [-0.25, -0.2) is 9.59 Å². The summed E-state index contributed by atoms with van der Waals surface area (Å²) in [6, 6.07) is 7.45. The van der Waals surface area contributed by atoms with Crippen molar-refractivity contribution >= 4 is 27.9 Å². The van der Waals surface area contributed by atoms with E-state index in [0.29, 0.717) is 37.4 Å². The van der Waals surface area contributed by atoms with Gasteiger partial charge in [0.15, 0.2) is 0 Å². The first-order chi connectivity index (χ1) is 11.9. The number of amides is 2. The third-order valence-electron chi connectivity index (χ3n) is 3.94. The number of nitrogens with one attached hydrogen (secondary N) is 2. The van der Waals surface area contributed by atoms with Crippen LogP contribution in [0.3, 0.4) is 0 Å². The van der Waals surface area contributed by atoms with E-state index in [4.69, 9.17) is 4.74 Å². The normalized spacial score (nSPS) is 17.3. The fraction of sp³-hybridized carbons (Fsp3) is 0.444. The average Bonchev–Trinajstić information content (AvgIpc) is 2.56. The van der Waals surface area contributed by atoms with E-state index in [-0.39, 0.29) is 18.0 Å². The molecule has 25 heavy (non-hydrogen) atoms. The number of carbonyl (C=O) groups is 2. The third kappa shape index (κ3) is 5.31. The Morgan fingerprint density at radius 2 is 1.92 bits per heavy atom. The van der Waals surface area contributed by atoms with Crippen molar-refractivity contribution in [3.05, 3.63) is 45.6 Å². The van der Waals surface area contributed by atoms with Gasteiger partial charge in [0, 0.05) is 23.3 Å². The SMILES string of the molecule is CCOC(=O)C1=C(CN(C)Cc2ccc(Br)cc2)NC(=O)N[C@@H]1CC. The van der Waals surface area contributed by atoms with Crippen molar-refractivity contribution in [1.29, 1.82) is 0 Å². The standard InChI is InChI=1S/C18H24BrN3O3/c1-4-14-16(17(23)25-5-2)15(21-18(24)20-14)11-22(3)10-12-6-8-13(19)9-7-12/h6-9,14H,4-5,10-11H2,1-3H3,(H2,20,21,24)/t14-/m1/s1. The van der Waals surface area contributed by atoms with E-state index < -0.39 is 0 Å². The maximum Gasteiger partial charge on any atom is 0.337 e. The molecule has 1 aliphatic heterocycles. The Labute approximate surface area is 156 Å². The highest BCUT2D eigenvalue weighted by Gasteiger charge is 2.31. The summed E-state index contributed by atoms with van der Waals surface area (Å²) in [6.45, 7) is 5.15. The second-order valence-electron chi connectivity index (χ2n) is 5.97. The summed E-state index contributed by atoms with van der Waals surface area (Å²) in [5.74, 6) is -0.381. The van der Waals surface area contributed by atoms with Crippen molar-refractivity contribution in [2.45, 2.75) is 32.9 Å². The van der Waals surface area contributed by atoms with Gasteiger partial charge < -0.3 is 15.4 Å². The van der Waals surface area contributed by atoms with E-state index >= 15 is 0 Å². The predicted molar refractivity (Wildman–Crippen MR) is 99.9 cm³/mol. The van der Waals surface area contributed by atoms with Crippen LogP contribution in [-0.4, -0.2) is 43.1 Å². The number of hydrogen-bond donors (Lipinski definition) is 2. The highest BCUT2D eigenvalue weighted by Crippen LogP contribution is 2.18. The smallest absolute Gasteiger partial charge is 0.337 e. The highest BCUT2D eigenvalue weighted by molar-refractivity contribution is 9.10. The summed E-state index contributed by atoms with van der Waals surface area (Å²) in [4.78, 5) is 26.3. The van der Waals surface area contributed by atoms with Crippen molar-refractivity contribution in [2.75, 3.05) is 20.2 Å². The third-order valence-corrected chi connectivity index (χ3v) is 4.47. The predicted octanol–water partition coefficient (Wildman–Crippen LogP) is 2.79. The summed E-state index contributed by atoms with van der Waals surface area (Å²) < 4.78 is 6.21. The number of rotatable bonds is 7. The first-order valence-corrected chi connectivity index (χ1v) is 9.14. The number of nitrogens with zero attached hydrogens (tertiary/aromatic N) is 1. The molecule has 0 bridgehead atoms. The monoisotopic (exact) mass is 409 g/mol. The molecule has 2 amide bonds. The lowest BCUT2D eigenvalue weighted by atomic mass is 10.00. The first-order valence-electron chi connectivity index (χ1n) is 8.35. The second-order valence-corrected chi connectivity index (χ2v) is 6.89. The van der Waals surface area contributed by atoms with Crippen LogP contribution in [0.2, 0.25) is 0 Å². The van der Waals surface area contributed by atoms with Crippen molar-refractivity contribution in [2.24, 2.45) is 0 Å².